The lowest BCUT2D eigenvalue weighted by molar-refractivity contribution is -0.141. The molecule has 0 radical (unpaired) electrons. The van der Waals surface area contributed by atoms with Gasteiger partial charge in [-0.05, 0) is 52.8 Å². The van der Waals surface area contributed by atoms with E-state index in [-0.39, 0.29) is 24.5 Å². The van der Waals surface area contributed by atoms with Crippen molar-refractivity contribution in [3.8, 4) is 0 Å². The molecule has 2 aliphatic rings. The maximum Gasteiger partial charge on any atom is 0.254 e. The van der Waals surface area contributed by atoms with Crippen LogP contribution in [0.15, 0.2) is 57.9 Å². The minimum atomic E-state index is -1.47. The van der Waals surface area contributed by atoms with Crippen molar-refractivity contribution in [3.05, 3.63) is 58.4 Å². The van der Waals surface area contributed by atoms with Gasteiger partial charge in [0.15, 0.2) is 5.67 Å². The number of carbonyl (C=O) groups is 1. The van der Waals surface area contributed by atoms with E-state index in [1.54, 1.807) is 17.0 Å². The minimum Gasteiger partial charge on any atom is -0.365 e. The first kappa shape index (κ1) is 19.3. The largest absolute Gasteiger partial charge is 0.365 e. The van der Waals surface area contributed by atoms with Crippen LogP contribution in [0.1, 0.15) is 46.1 Å². The Labute approximate surface area is 160 Å². The maximum atomic E-state index is 15.1. The number of hydrogen-bond acceptors (Lipinski definition) is 3. The highest BCUT2D eigenvalue weighted by Crippen LogP contribution is 2.39. The Morgan fingerprint density at radius 1 is 1.19 bits per heavy atom. The Hall–Kier alpha value is -2.43. The molecule has 1 saturated carbocycles. The molecule has 1 aliphatic carbocycles. The van der Waals surface area contributed by atoms with Crippen LogP contribution in [0, 0.1) is 0 Å². The van der Waals surface area contributed by atoms with Gasteiger partial charge in [0.1, 0.15) is 5.82 Å². The average molecular weight is 369 g/mol. The second-order valence-corrected chi connectivity index (χ2v) is 8.18. The molecule has 1 heterocycles. The number of benzene rings is 1. The van der Waals surface area contributed by atoms with Crippen LogP contribution in [0.5, 0.6) is 0 Å². The summed E-state index contributed by atoms with van der Waals surface area (Å²) in [4.78, 5) is 18.8. The molecule has 1 aromatic carbocycles. The van der Waals surface area contributed by atoms with Gasteiger partial charge >= 0.3 is 0 Å². The average Bonchev–Trinajstić information content (AvgIpc) is 3.34. The van der Waals surface area contributed by atoms with Gasteiger partial charge in [-0.3, -0.25) is 4.79 Å². The van der Waals surface area contributed by atoms with Gasteiger partial charge in [-0.15, -0.1) is 0 Å². The van der Waals surface area contributed by atoms with Crippen LogP contribution in [-0.2, 0) is 10.5 Å². The van der Waals surface area contributed by atoms with E-state index in [0.29, 0.717) is 17.0 Å². The van der Waals surface area contributed by atoms with Gasteiger partial charge in [0.2, 0.25) is 0 Å². The van der Waals surface area contributed by atoms with Gasteiger partial charge in [0.05, 0.1) is 13.1 Å². The monoisotopic (exact) mass is 369 g/mol. The summed E-state index contributed by atoms with van der Waals surface area (Å²) in [6, 6.07) is 9.05. The van der Waals surface area contributed by atoms with Crippen LogP contribution < -0.4 is 5.32 Å². The smallest absolute Gasteiger partial charge is 0.254 e. The van der Waals surface area contributed by atoms with E-state index in [2.05, 4.69) is 24.0 Å². The lowest BCUT2D eigenvalue weighted by atomic mass is 9.86. The van der Waals surface area contributed by atoms with E-state index in [9.17, 15) is 4.79 Å². The first-order valence-corrected chi connectivity index (χ1v) is 9.36. The quantitative estimate of drug-likeness (QED) is 0.466. The highest BCUT2D eigenvalue weighted by molar-refractivity contribution is 5.99. The van der Waals surface area contributed by atoms with Crippen molar-refractivity contribution in [1.29, 1.82) is 0 Å². The van der Waals surface area contributed by atoms with E-state index in [4.69, 9.17) is 0 Å². The van der Waals surface area contributed by atoms with E-state index >= 15 is 4.39 Å². The minimum absolute atomic E-state index is 0.0335. The Balaban J connectivity index is 1.79. The summed E-state index contributed by atoms with van der Waals surface area (Å²) in [6.45, 7) is 11.6. The predicted octanol–water partition coefficient (Wildman–Crippen LogP) is 4.10. The molecule has 2 fully saturated rings. The Bertz CT molecular complexity index is 811. The van der Waals surface area contributed by atoms with Crippen molar-refractivity contribution < 1.29 is 9.18 Å². The van der Waals surface area contributed by atoms with Gasteiger partial charge in [-0.1, -0.05) is 35.9 Å². The number of halogens is 1. The zero-order valence-electron chi connectivity index (χ0n) is 16.6. The number of aliphatic imine (C=N–C) groups is 1. The Morgan fingerprint density at radius 2 is 1.78 bits per heavy atom. The summed E-state index contributed by atoms with van der Waals surface area (Å²) >= 11 is 0. The molecule has 0 atom stereocenters. The molecule has 0 aromatic heterocycles. The van der Waals surface area contributed by atoms with Crippen LogP contribution in [0.3, 0.4) is 0 Å². The fourth-order valence-electron chi connectivity index (χ4n) is 3.50. The lowest BCUT2D eigenvalue weighted by Crippen LogP contribution is -2.59. The van der Waals surface area contributed by atoms with Gasteiger partial charge in [-0.25, -0.2) is 9.38 Å². The van der Waals surface area contributed by atoms with Crippen LogP contribution in [-0.4, -0.2) is 36.2 Å². The fourth-order valence-corrected chi connectivity index (χ4v) is 3.50. The van der Waals surface area contributed by atoms with Gasteiger partial charge in [-0.2, -0.15) is 0 Å². The standard InChI is InChI=1S/C22H28FN3O/c1-15(2)18(16(3)19(24-5)25-21(4)11-12-21)20(27)26-13-22(23,14-26)17-9-7-6-8-10-17/h6-10,25H,5,11-14H2,1-4H3/b19-16-. The highest BCUT2D eigenvalue weighted by Gasteiger charge is 2.48. The third-order valence-corrected chi connectivity index (χ3v) is 5.48. The van der Waals surface area contributed by atoms with Crippen molar-refractivity contribution in [2.24, 2.45) is 4.99 Å². The van der Waals surface area contributed by atoms with Crippen molar-refractivity contribution in [3.63, 3.8) is 0 Å². The summed E-state index contributed by atoms with van der Waals surface area (Å²) in [6.07, 6.45) is 2.15. The molecule has 5 heteroatoms. The number of nitrogens with zero attached hydrogens (tertiary/aromatic N) is 2. The lowest BCUT2D eigenvalue weighted by Gasteiger charge is -2.45. The molecular formula is C22H28FN3O. The number of carbonyl (C=O) groups excluding carboxylic acids is 1. The van der Waals surface area contributed by atoms with E-state index in [1.165, 1.54) is 0 Å². The molecule has 1 aromatic rings. The van der Waals surface area contributed by atoms with Crippen LogP contribution in [0.4, 0.5) is 4.39 Å². The highest BCUT2D eigenvalue weighted by atomic mass is 19.1. The topological polar surface area (TPSA) is 44.7 Å². The second kappa shape index (κ2) is 6.95. The SMILES string of the molecule is C=N/C(NC1(C)CC1)=C(\C)C(C(=O)N1CC(F)(c2ccccc2)C1)=C(C)C. The van der Waals surface area contributed by atoms with Crippen LogP contribution in [0.2, 0.25) is 0 Å². The zero-order valence-corrected chi connectivity index (χ0v) is 16.6. The van der Waals surface area contributed by atoms with Crippen LogP contribution in [0.25, 0.3) is 0 Å². The summed E-state index contributed by atoms with van der Waals surface area (Å²) in [5, 5.41) is 3.40. The molecule has 144 valence electrons. The fraction of sp³-hybridized carbons (Fsp3) is 0.455. The normalized spacial score (nSPS) is 20.1. The summed E-state index contributed by atoms with van der Waals surface area (Å²) in [5.74, 6) is 0.482. The molecule has 1 N–H and O–H groups in total. The number of nitrogens with one attached hydrogen (secondary N) is 1. The number of allylic oxidation sites excluding steroid dienone is 1. The van der Waals surface area contributed by atoms with Gasteiger partial charge in [0.25, 0.3) is 5.91 Å². The molecule has 27 heavy (non-hydrogen) atoms. The van der Waals surface area contributed by atoms with Crippen molar-refractivity contribution in [2.75, 3.05) is 13.1 Å². The zero-order chi connectivity index (χ0) is 19.8. The second-order valence-electron chi connectivity index (χ2n) is 8.18. The number of hydrogen-bond donors (Lipinski definition) is 1. The van der Waals surface area contributed by atoms with Crippen molar-refractivity contribution in [1.82, 2.24) is 10.2 Å². The van der Waals surface area contributed by atoms with Crippen molar-refractivity contribution in [2.45, 2.75) is 51.7 Å². The summed E-state index contributed by atoms with van der Waals surface area (Å²) in [5.41, 5.74) is 1.42. The maximum absolute atomic E-state index is 15.1. The van der Waals surface area contributed by atoms with Crippen molar-refractivity contribution >= 4 is 12.6 Å². The molecule has 4 nitrogen and oxygen atoms in total. The molecule has 0 bridgehead atoms. The van der Waals surface area contributed by atoms with E-state index in [0.717, 1.165) is 24.0 Å². The van der Waals surface area contributed by atoms with E-state index in [1.807, 2.05) is 39.0 Å². The summed E-state index contributed by atoms with van der Waals surface area (Å²) < 4.78 is 15.1. The van der Waals surface area contributed by atoms with Crippen LogP contribution >= 0.6 is 0 Å². The van der Waals surface area contributed by atoms with Gasteiger partial charge < -0.3 is 10.2 Å². The molecule has 3 rings (SSSR count). The molecule has 1 saturated heterocycles. The molecule has 1 amide bonds. The number of alkyl halides is 1. The summed E-state index contributed by atoms with van der Waals surface area (Å²) in [7, 11) is 0. The third-order valence-electron chi connectivity index (χ3n) is 5.48. The van der Waals surface area contributed by atoms with E-state index < -0.39 is 5.67 Å². The molecule has 1 aliphatic heterocycles. The number of likely N-dealkylation sites (tertiary alicyclic amines) is 1. The Kier molecular flexibility index (Phi) is 4.98. The third kappa shape index (κ3) is 3.82. The molecule has 0 spiro atoms. The first-order chi connectivity index (χ1) is 12.7. The van der Waals surface area contributed by atoms with Gasteiger partial charge in [0, 0.05) is 16.7 Å². The Morgan fingerprint density at radius 3 is 2.26 bits per heavy atom. The molecular weight excluding hydrogens is 341 g/mol. The number of amides is 1. The first-order valence-electron chi connectivity index (χ1n) is 9.36. The molecule has 0 unspecified atom stereocenters. The number of rotatable bonds is 6. The predicted molar refractivity (Wildman–Crippen MR) is 107 cm³/mol.